The molecule has 0 atom stereocenters. The van der Waals surface area contributed by atoms with Gasteiger partial charge in [-0.3, -0.25) is 14.5 Å². The molecular weight excluding hydrogens is 236 g/mol. The molecule has 0 bridgehead atoms. The lowest BCUT2D eigenvalue weighted by atomic mass is 10.4. The molecule has 0 saturated heterocycles. The molecule has 2 rings (SSSR count). The number of anilines is 1. The molecule has 0 aliphatic carbocycles. The van der Waals surface area contributed by atoms with E-state index in [-0.39, 0.29) is 12.3 Å². The Morgan fingerprint density at radius 1 is 1.44 bits per heavy atom. The summed E-state index contributed by atoms with van der Waals surface area (Å²) in [6, 6.07) is 4.75. The van der Waals surface area contributed by atoms with Gasteiger partial charge in [-0.1, -0.05) is 0 Å². The smallest absolute Gasteiger partial charge is 0.414 e. The summed E-state index contributed by atoms with van der Waals surface area (Å²) in [4.78, 5) is 27.0. The van der Waals surface area contributed by atoms with Crippen LogP contribution in [0, 0.1) is 0 Å². The minimum atomic E-state index is -0.777. The molecule has 3 N–H and O–H groups in total. The SMILES string of the molecule is CCOC(=O)NC(=O)c1ccc2nc(N)ccn12. The van der Waals surface area contributed by atoms with Gasteiger partial charge in [0.1, 0.15) is 17.2 Å². The third kappa shape index (κ3) is 2.24. The fraction of sp³-hybridized carbons (Fsp3) is 0.182. The minimum Gasteiger partial charge on any atom is -0.450 e. The summed E-state index contributed by atoms with van der Waals surface area (Å²) in [6.07, 6.45) is 0.832. The summed E-state index contributed by atoms with van der Waals surface area (Å²) in [5.41, 5.74) is 6.34. The van der Waals surface area contributed by atoms with Crippen LogP contribution < -0.4 is 11.1 Å². The van der Waals surface area contributed by atoms with E-state index >= 15 is 0 Å². The van der Waals surface area contributed by atoms with Crippen molar-refractivity contribution in [3.8, 4) is 0 Å². The number of nitrogen functional groups attached to an aromatic ring is 1. The zero-order valence-corrected chi connectivity index (χ0v) is 9.71. The van der Waals surface area contributed by atoms with Crippen LogP contribution in [0.2, 0.25) is 0 Å². The predicted molar refractivity (Wildman–Crippen MR) is 64.1 cm³/mol. The molecule has 0 radical (unpaired) electrons. The van der Waals surface area contributed by atoms with Gasteiger partial charge in [0.2, 0.25) is 0 Å². The van der Waals surface area contributed by atoms with Crippen molar-refractivity contribution < 1.29 is 14.3 Å². The first-order chi connectivity index (χ1) is 8.61. The zero-order valence-electron chi connectivity index (χ0n) is 9.71. The number of ether oxygens (including phenoxy) is 1. The van der Waals surface area contributed by atoms with Gasteiger partial charge in [0.15, 0.2) is 0 Å². The van der Waals surface area contributed by atoms with E-state index in [2.05, 4.69) is 15.0 Å². The molecule has 2 aromatic rings. The van der Waals surface area contributed by atoms with Gasteiger partial charge >= 0.3 is 6.09 Å². The van der Waals surface area contributed by atoms with Crippen LogP contribution >= 0.6 is 0 Å². The van der Waals surface area contributed by atoms with Crippen molar-refractivity contribution in [3.05, 3.63) is 30.1 Å². The van der Waals surface area contributed by atoms with E-state index in [1.165, 1.54) is 4.40 Å². The molecule has 2 aromatic heterocycles. The van der Waals surface area contributed by atoms with Crippen LogP contribution in [-0.2, 0) is 4.74 Å². The third-order valence-corrected chi connectivity index (χ3v) is 2.26. The molecule has 0 saturated carbocycles. The number of amides is 2. The van der Waals surface area contributed by atoms with Crippen LogP contribution in [0.5, 0.6) is 0 Å². The molecule has 0 aliphatic rings. The number of carbonyl (C=O) groups excluding carboxylic acids is 2. The maximum atomic E-state index is 11.8. The molecule has 0 aliphatic heterocycles. The van der Waals surface area contributed by atoms with Gasteiger partial charge in [-0.25, -0.2) is 9.78 Å². The molecule has 7 heteroatoms. The number of carbonyl (C=O) groups is 2. The van der Waals surface area contributed by atoms with Crippen molar-refractivity contribution in [1.82, 2.24) is 14.7 Å². The minimum absolute atomic E-state index is 0.201. The number of hydrogen-bond donors (Lipinski definition) is 2. The Morgan fingerprint density at radius 3 is 2.94 bits per heavy atom. The first kappa shape index (κ1) is 11.9. The second kappa shape index (κ2) is 4.74. The van der Waals surface area contributed by atoms with Gasteiger partial charge in [0.05, 0.1) is 6.61 Å². The first-order valence-corrected chi connectivity index (χ1v) is 5.33. The summed E-state index contributed by atoms with van der Waals surface area (Å²) in [5.74, 6) is -0.196. The van der Waals surface area contributed by atoms with Crippen molar-refractivity contribution in [2.24, 2.45) is 0 Å². The summed E-state index contributed by atoms with van der Waals surface area (Å²) in [5, 5.41) is 2.11. The van der Waals surface area contributed by atoms with Crippen LogP contribution in [0.3, 0.4) is 0 Å². The second-order valence-corrected chi connectivity index (χ2v) is 3.47. The number of nitrogens with zero attached hydrogens (tertiary/aromatic N) is 2. The molecule has 7 nitrogen and oxygen atoms in total. The molecule has 0 fully saturated rings. The maximum absolute atomic E-state index is 11.8. The fourth-order valence-corrected chi connectivity index (χ4v) is 1.51. The van der Waals surface area contributed by atoms with E-state index in [4.69, 9.17) is 5.73 Å². The monoisotopic (exact) mass is 248 g/mol. The Hall–Kier alpha value is -2.57. The third-order valence-electron chi connectivity index (χ3n) is 2.26. The fourth-order valence-electron chi connectivity index (χ4n) is 1.51. The summed E-state index contributed by atoms with van der Waals surface area (Å²) in [6.45, 7) is 1.86. The standard InChI is InChI=1S/C11H12N4O3/c1-2-18-11(17)14-10(16)7-3-4-9-13-8(12)5-6-15(7)9/h3-6H,2H2,1H3,(H2,12,13)(H,14,16,17). The van der Waals surface area contributed by atoms with Gasteiger partial charge in [0, 0.05) is 6.20 Å². The molecule has 0 spiro atoms. The van der Waals surface area contributed by atoms with E-state index in [9.17, 15) is 9.59 Å². The van der Waals surface area contributed by atoms with Crippen LogP contribution in [0.15, 0.2) is 24.4 Å². The normalized spacial score (nSPS) is 10.3. The predicted octanol–water partition coefficient (Wildman–Crippen LogP) is 0.803. The van der Waals surface area contributed by atoms with E-state index in [1.807, 2.05) is 0 Å². The quantitative estimate of drug-likeness (QED) is 0.819. The lowest BCUT2D eigenvalue weighted by Crippen LogP contribution is -2.31. The van der Waals surface area contributed by atoms with Crippen molar-refractivity contribution in [2.45, 2.75) is 6.92 Å². The molecule has 0 unspecified atom stereocenters. The molecule has 2 heterocycles. The molecule has 18 heavy (non-hydrogen) atoms. The molecule has 2 amide bonds. The average molecular weight is 248 g/mol. The van der Waals surface area contributed by atoms with E-state index < -0.39 is 12.0 Å². The lowest BCUT2D eigenvalue weighted by molar-refractivity contribution is 0.0919. The van der Waals surface area contributed by atoms with Crippen molar-refractivity contribution >= 4 is 23.5 Å². The largest absolute Gasteiger partial charge is 0.450 e. The Labute approximate surface area is 103 Å². The number of hydrogen-bond acceptors (Lipinski definition) is 5. The topological polar surface area (TPSA) is 98.7 Å². The van der Waals surface area contributed by atoms with Crippen LogP contribution in [0.4, 0.5) is 10.6 Å². The second-order valence-electron chi connectivity index (χ2n) is 3.47. The molecule has 0 aromatic carbocycles. The Balaban J connectivity index is 2.26. The number of nitrogens with one attached hydrogen (secondary N) is 1. The van der Waals surface area contributed by atoms with Crippen molar-refractivity contribution in [1.29, 1.82) is 0 Å². The Kier molecular flexibility index (Phi) is 3.13. The van der Waals surface area contributed by atoms with Gasteiger partial charge in [-0.2, -0.15) is 0 Å². The van der Waals surface area contributed by atoms with Gasteiger partial charge < -0.3 is 10.5 Å². The zero-order chi connectivity index (χ0) is 13.1. The molecule has 94 valence electrons. The highest BCUT2D eigenvalue weighted by Crippen LogP contribution is 2.09. The number of aromatic nitrogens is 2. The Morgan fingerprint density at radius 2 is 2.22 bits per heavy atom. The highest BCUT2D eigenvalue weighted by Gasteiger charge is 2.14. The number of alkyl carbamates (subject to hydrolysis) is 1. The van der Waals surface area contributed by atoms with Crippen LogP contribution in [0.25, 0.3) is 5.65 Å². The van der Waals surface area contributed by atoms with Crippen molar-refractivity contribution in [3.63, 3.8) is 0 Å². The van der Waals surface area contributed by atoms with Crippen molar-refractivity contribution in [2.75, 3.05) is 12.3 Å². The number of rotatable bonds is 2. The maximum Gasteiger partial charge on any atom is 0.414 e. The van der Waals surface area contributed by atoms with Crippen LogP contribution in [-0.4, -0.2) is 28.0 Å². The van der Waals surface area contributed by atoms with Gasteiger partial charge in [-0.15, -0.1) is 0 Å². The average Bonchev–Trinajstić information content (AvgIpc) is 2.71. The first-order valence-electron chi connectivity index (χ1n) is 5.33. The van der Waals surface area contributed by atoms with E-state index in [0.717, 1.165) is 0 Å². The van der Waals surface area contributed by atoms with E-state index in [0.29, 0.717) is 11.5 Å². The van der Waals surface area contributed by atoms with Gasteiger partial charge in [0.25, 0.3) is 5.91 Å². The van der Waals surface area contributed by atoms with Gasteiger partial charge in [-0.05, 0) is 25.1 Å². The van der Waals surface area contributed by atoms with E-state index in [1.54, 1.807) is 31.3 Å². The summed E-state index contributed by atoms with van der Waals surface area (Å²) < 4.78 is 6.16. The number of nitrogens with two attached hydrogens (primary N) is 1. The highest BCUT2D eigenvalue weighted by atomic mass is 16.5. The summed E-state index contributed by atoms with van der Waals surface area (Å²) in [7, 11) is 0. The summed E-state index contributed by atoms with van der Waals surface area (Å²) >= 11 is 0. The lowest BCUT2D eigenvalue weighted by Gasteiger charge is -2.04. The highest BCUT2D eigenvalue weighted by molar-refractivity contribution is 6.02. The number of fused-ring (bicyclic) bond motifs is 1. The number of imide groups is 1. The molecular formula is C11H12N4O3. The Bertz CT molecular complexity index is 605. The van der Waals surface area contributed by atoms with Crippen LogP contribution in [0.1, 0.15) is 17.4 Å².